The van der Waals surface area contributed by atoms with Gasteiger partial charge in [0, 0.05) is 5.39 Å². The zero-order valence-corrected chi connectivity index (χ0v) is 15.0. The van der Waals surface area contributed by atoms with Gasteiger partial charge >= 0.3 is 0 Å². The van der Waals surface area contributed by atoms with Gasteiger partial charge in [-0.15, -0.1) is 0 Å². The second-order valence-corrected chi connectivity index (χ2v) is 7.39. The Labute approximate surface area is 152 Å². The lowest BCUT2D eigenvalue weighted by Gasteiger charge is -2.18. The van der Waals surface area contributed by atoms with Crippen LogP contribution in [0.1, 0.15) is 25.0 Å². The minimum absolute atomic E-state index is 0.415. The van der Waals surface area contributed by atoms with Crippen molar-refractivity contribution in [3.63, 3.8) is 0 Å². The molecule has 0 fully saturated rings. The molecular weight excluding hydrogens is 324 g/mol. The normalized spacial score (nSPS) is 12.1. The van der Waals surface area contributed by atoms with Crippen molar-refractivity contribution in [2.75, 3.05) is 5.73 Å². The summed E-state index contributed by atoms with van der Waals surface area (Å²) in [5.74, 6) is 0.415. The van der Waals surface area contributed by atoms with Crippen molar-refractivity contribution in [2.45, 2.75) is 32.4 Å². The number of hydrogen-bond acceptors (Lipinski definition) is 4. The van der Waals surface area contributed by atoms with Crippen LogP contribution < -0.4 is 5.73 Å². The van der Waals surface area contributed by atoms with Gasteiger partial charge in [0.1, 0.15) is 5.52 Å². The summed E-state index contributed by atoms with van der Waals surface area (Å²) in [7, 11) is 0. The van der Waals surface area contributed by atoms with Crippen LogP contribution in [-0.2, 0) is 13.0 Å². The number of nitrogen functional groups attached to an aromatic ring is 1. The monoisotopic (exact) mass is 346 g/mol. The topological polar surface area (TPSA) is 77.0 Å². The summed E-state index contributed by atoms with van der Waals surface area (Å²) >= 11 is 0. The molecule has 2 aromatic carbocycles. The number of rotatable bonds is 4. The van der Waals surface area contributed by atoms with Crippen molar-refractivity contribution in [3.8, 4) is 0 Å². The quantitative estimate of drug-likeness (QED) is 0.593. The third-order valence-electron chi connectivity index (χ3n) is 4.45. The Morgan fingerprint density at radius 2 is 1.85 bits per heavy atom. The van der Waals surface area contributed by atoms with Crippen molar-refractivity contribution in [1.29, 1.82) is 0 Å². The lowest BCUT2D eigenvalue weighted by Crippen LogP contribution is -2.25. The van der Waals surface area contributed by atoms with Crippen LogP contribution in [0.25, 0.3) is 21.9 Å². The summed E-state index contributed by atoms with van der Waals surface area (Å²) in [6.45, 7) is 4.00. The number of nitrogens with two attached hydrogens (primary N) is 1. The molecule has 26 heavy (non-hydrogen) atoms. The first-order chi connectivity index (χ1) is 12.4. The van der Waals surface area contributed by atoms with Crippen molar-refractivity contribution in [3.05, 3.63) is 66.0 Å². The molecule has 4 rings (SSSR count). The number of aromatic nitrogens is 3. The van der Waals surface area contributed by atoms with Gasteiger partial charge in [0.25, 0.3) is 0 Å². The molecule has 5 heteroatoms. The largest absolute Gasteiger partial charge is 0.389 e. The Hall–Kier alpha value is -2.92. The molecule has 0 saturated carbocycles. The van der Waals surface area contributed by atoms with E-state index >= 15 is 0 Å². The Morgan fingerprint density at radius 3 is 2.58 bits per heavy atom. The van der Waals surface area contributed by atoms with Gasteiger partial charge in [-0.2, -0.15) is 0 Å². The number of imidazole rings is 1. The highest BCUT2D eigenvalue weighted by Gasteiger charge is 2.18. The van der Waals surface area contributed by atoms with Gasteiger partial charge in [-0.3, -0.25) is 0 Å². The molecule has 5 nitrogen and oxygen atoms in total. The molecule has 0 saturated heterocycles. The fraction of sp³-hybridized carbons (Fsp3) is 0.238. The fourth-order valence-corrected chi connectivity index (χ4v) is 3.38. The van der Waals surface area contributed by atoms with Crippen LogP contribution >= 0.6 is 0 Å². The van der Waals surface area contributed by atoms with E-state index in [-0.39, 0.29) is 0 Å². The zero-order valence-electron chi connectivity index (χ0n) is 15.0. The van der Waals surface area contributed by atoms with E-state index in [2.05, 4.69) is 46.4 Å². The van der Waals surface area contributed by atoms with Crippen molar-refractivity contribution in [1.82, 2.24) is 14.5 Å². The van der Waals surface area contributed by atoms with Crippen molar-refractivity contribution >= 4 is 27.8 Å². The van der Waals surface area contributed by atoms with Crippen LogP contribution in [0.15, 0.2) is 54.9 Å². The number of benzene rings is 2. The molecule has 0 bridgehead atoms. The second-order valence-electron chi connectivity index (χ2n) is 7.39. The average Bonchev–Trinajstić information content (AvgIpc) is 2.99. The highest BCUT2D eigenvalue weighted by atomic mass is 16.3. The van der Waals surface area contributed by atoms with Crippen molar-refractivity contribution in [2.24, 2.45) is 0 Å². The lowest BCUT2D eigenvalue weighted by atomic mass is 10.0. The highest BCUT2D eigenvalue weighted by molar-refractivity contribution is 6.06. The third-order valence-corrected chi connectivity index (χ3v) is 4.45. The summed E-state index contributed by atoms with van der Waals surface area (Å²) in [6, 6.07) is 16.6. The fourth-order valence-electron chi connectivity index (χ4n) is 3.38. The number of pyridine rings is 1. The molecular formula is C21H22N4O. The van der Waals surface area contributed by atoms with Crippen LogP contribution in [0.4, 0.5) is 5.82 Å². The molecule has 0 aliphatic heterocycles. The van der Waals surface area contributed by atoms with E-state index in [0.29, 0.717) is 17.9 Å². The summed E-state index contributed by atoms with van der Waals surface area (Å²) in [5.41, 5.74) is 10.2. The molecule has 0 spiro atoms. The van der Waals surface area contributed by atoms with Gasteiger partial charge in [-0.25, -0.2) is 9.97 Å². The summed E-state index contributed by atoms with van der Waals surface area (Å²) < 4.78 is 1.96. The third kappa shape index (κ3) is 3.13. The Balaban J connectivity index is 1.88. The Bertz CT molecular complexity index is 1080. The molecule has 3 N–H and O–H groups in total. The van der Waals surface area contributed by atoms with Crippen LogP contribution in [0, 0.1) is 0 Å². The number of anilines is 1. The van der Waals surface area contributed by atoms with E-state index in [4.69, 9.17) is 5.73 Å². The molecule has 0 atom stereocenters. The van der Waals surface area contributed by atoms with Crippen LogP contribution in [-0.4, -0.2) is 25.2 Å². The summed E-state index contributed by atoms with van der Waals surface area (Å²) in [4.78, 5) is 8.93. The lowest BCUT2D eigenvalue weighted by molar-refractivity contribution is 0.0627. The molecule has 4 aromatic rings. The standard InChI is InChI=1S/C21H22N4O/c1-21(2,26)12-25-13-23-18-19(25)16-11-15(8-9-17(16)24-20(18)22)10-14-6-4-3-5-7-14/h3-9,11,13,26H,10,12H2,1-2H3,(H2,22,24). The van der Waals surface area contributed by atoms with Gasteiger partial charge in [0.2, 0.25) is 0 Å². The van der Waals surface area contributed by atoms with Gasteiger partial charge < -0.3 is 15.4 Å². The first-order valence-electron chi connectivity index (χ1n) is 8.70. The van der Waals surface area contributed by atoms with Gasteiger partial charge in [0.15, 0.2) is 5.82 Å². The van der Waals surface area contributed by atoms with Crippen LogP contribution in [0.3, 0.4) is 0 Å². The predicted octanol–water partition coefficient (Wildman–Crippen LogP) is 3.53. The van der Waals surface area contributed by atoms with E-state index in [9.17, 15) is 5.11 Å². The van der Waals surface area contributed by atoms with Crippen LogP contribution in [0.2, 0.25) is 0 Å². The van der Waals surface area contributed by atoms with E-state index in [0.717, 1.165) is 22.8 Å². The van der Waals surface area contributed by atoms with E-state index in [1.165, 1.54) is 11.1 Å². The van der Waals surface area contributed by atoms with Gasteiger partial charge in [-0.05, 0) is 43.5 Å². The first kappa shape index (κ1) is 16.5. The Kier molecular flexibility index (Phi) is 3.89. The summed E-state index contributed by atoms with van der Waals surface area (Å²) in [5, 5.41) is 11.2. The van der Waals surface area contributed by atoms with E-state index in [1.54, 1.807) is 20.2 Å². The number of hydrogen-bond donors (Lipinski definition) is 2. The molecule has 2 aromatic heterocycles. The van der Waals surface area contributed by atoms with E-state index < -0.39 is 5.60 Å². The zero-order chi connectivity index (χ0) is 18.3. The Morgan fingerprint density at radius 1 is 1.08 bits per heavy atom. The van der Waals surface area contributed by atoms with Crippen LogP contribution in [0.5, 0.6) is 0 Å². The maximum absolute atomic E-state index is 10.2. The van der Waals surface area contributed by atoms with E-state index in [1.807, 2.05) is 16.7 Å². The smallest absolute Gasteiger partial charge is 0.152 e. The van der Waals surface area contributed by atoms with Crippen molar-refractivity contribution < 1.29 is 5.11 Å². The molecule has 0 unspecified atom stereocenters. The number of fused-ring (bicyclic) bond motifs is 3. The first-order valence-corrected chi connectivity index (χ1v) is 8.70. The van der Waals surface area contributed by atoms with Gasteiger partial charge in [0.05, 0.1) is 29.5 Å². The molecule has 0 aliphatic rings. The predicted molar refractivity (Wildman–Crippen MR) is 105 cm³/mol. The molecule has 132 valence electrons. The highest BCUT2D eigenvalue weighted by Crippen LogP contribution is 2.29. The average molecular weight is 346 g/mol. The molecule has 0 radical (unpaired) electrons. The second kappa shape index (κ2) is 6.11. The number of nitrogens with zero attached hydrogens (tertiary/aromatic N) is 3. The maximum atomic E-state index is 10.2. The molecule has 0 amide bonds. The minimum Gasteiger partial charge on any atom is -0.389 e. The minimum atomic E-state index is -0.848. The summed E-state index contributed by atoms with van der Waals surface area (Å²) in [6.07, 6.45) is 2.58. The number of aliphatic hydroxyl groups is 1. The van der Waals surface area contributed by atoms with Gasteiger partial charge in [-0.1, -0.05) is 36.4 Å². The maximum Gasteiger partial charge on any atom is 0.152 e. The molecule has 0 aliphatic carbocycles. The molecule has 2 heterocycles. The SMILES string of the molecule is CC(C)(O)Cn1cnc2c(N)nc3ccc(Cc4ccccc4)cc3c21.